The maximum atomic E-state index is 13.1. The van der Waals surface area contributed by atoms with Crippen molar-refractivity contribution in [3.05, 3.63) is 36.2 Å². The molecule has 2 bridgehead atoms. The fourth-order valence-corrected chi connectivity index (χ4v) is 5.17. The second-order valence-corrected chi connectivity index (χ2v) is 10.9. The van der Waals surface area contributed by atoms with E-state index in [2.05, 4.69) is 32.7 Å². The van der Waals surface area contributed by atoms with Crippen LogP contribution in [0.15, 0.2) is 30.5 Å². The van der Waals surface area contributed by atoms with E-state index in [1.165, 1.54) is 24.9 Å². The van der Waals surface area contributed by atoms with Crippen LogP contribution in [0.3, 0.4) is 0 Å². The Hall–Kier alpha value is -3.18. The SMILES string of the molecule is C[C@@H]1CN([C@@H](C)CO)C(=O)CCCn2cc(nn2)CO[C@H]1CN(C)C(=O)Nc1ccc(N2CCCCC2)cc1. The Balaban J connectivity index is 1.42. The van der Waals surface area contributed by atoms with Crippen molar-refractivity contribution in [2.24, 2.45) is 5.92 Å². The molecule has 11 nitrogen and oxygen atoms in total. The van der Waals surface area contributed by atoms with Gasteiger partial charge in [0.05, 0.1) is 31.6 Å². The fourth-order valence-electron chi connectivity index (χ4n) is 5.17. The minimum absolute atomic E-state index is 0.0131. The summed E-state index contributed by atoms with van der Waals surface area (Å²) in [5.41, 5.74) is 2.63. The zero-order chi connectivity index (χ0) is 27.8. The number of likely N-dealkylation sites (N-methyl/N-ethyl adjacent to an activating group) is 1. The summed E-state index contributed by atoms with van der Waals surface area (Å²) in [7, 11) is 1.74. The van der Waals surface area contributed by atoms with Crippen molar-refractivity contribution in [1.29, 1.82) is 0 Å². The topological polar surface area (TPSA) is 116 Å². The Bertz CT molecular complexity index is 1070. The Morgan fingerprint density at radius 1 is 1.18 bits per heavy atom. The number of hydrogen-bond donors (Lipinski definition) is 2. The maximum absolute atomic E-state index is 13.1. The van der Waals surface area contributed by atoms with Gasteiger partial charge in [0.25, 0.3) is 0 Å². The third-order valence-corrected chi connectivity index (χ3v) is 7.69. The van der Waals surface area contributed by atoms with Crippen LogP contribution >= 0.6 is 0 Å². The number of fused-ring (bicyclic) bond motifs is 2. The summed E-state index contributed by atoms with van der Waals surface area (Å²) in [6.45, 7) is 7.47. The summed E-state index contributed by atoms with van der Waals surface area (Å²) in [5, 5.41) is 21.1. The predicted octanol–water partition coefficient (Wildman–Crippen LogP) is 2.96. The molecular weight excluding hydrogens is 498 g/mol. The average Bonchev–Trinajstić information content (AvgIpc) is 3.41. The number of piperidine rings is 1. The number of anilines is 2. The van der Waals surface area contributed by atoms with Gasteiger partial charge in [0.15, 0.2) is 0 Å². The van der Waals surface area contributed by atoms with Crippen molar-refractivity contribution in [3.8, 4) is 0 Å². The molecule has 11 heteroatoms. The van der Waals surface area contributed by atoms with E-state index in [4.69, 9.17) is 4.74 Å². The highest BCUT2D eigenvalue weighted by Gasteiger charge is 2.29. The summed E-state index contributed by atoms with van der Waals surface area (Å²) in [4.78, 5) is 31.9. The second kappa shape index (κ2) is 13.7. The Morgan fingerprint density at radius 2 is 1.92 bits per heavy atom. The summed E-state index contributed by atoms with van der Waals surface area (Å²) in [5.74, 6) is -0.112. The van der Waals surface area contributed by atoms with E-state index >= 15 is 0 Å². The number of hydrogen-bond acceptors (Lipinski definition) is 7. The molecule has 3 heterocycles. The van der Waals surface area contributed by atoms with Gasteiger partial charge in [-0.1, -0.05) is 12.1 Å². The number of aliphatic hydroxyl groups excluding tert-OH is 1. The average molecular weight is 542 g/mol. The molecule has 0 radical (unpaired) electrons. The molecule has 2 aliphatic heterocycles. The number of aliphatic hydroxyl groups is 1. The molecule has 1 aromatic carbocycles. The van der Waals surface area contributed by atoms with Crippen LogP contribution in [-0.4, -0.2) is 93.8 Å². The first-order valence-electron chi connectivity index (χ1n) is 14.1. The van der Waals surface area contributed by atoms with Gasteiger partial charge in [-0.2, -0.15) is 0 Å². The Kier molecular flexibility index (Phi) is 10.2. The van der Waals surface area contributed by atoms with Crippen LogP contribution in [0, 0.1) is 5.92 Å². The molecule has 0 unspecified atom stereocenters. The number of benzene rings is 1. The lowest BCUT2D eigenvalue weighted by Gasteiger charge is -2.35. The van der Waals surface area contributed by atoms with Gasteiger partial charge in [-0.25, -0.2) is 4.79 Å². The molecule has 2 aliphatic rings. The molecule has 2 aromatic rings. The van der Waals surface area contributed by atoms with Crippen LogP contribution in [0.5, 0.6) is 0 Å². The van der Waals surface area contributed by atoms with Gasteiger partial charge < -0.3 is 29.9 Å². The molecule has 4 rings (SSSR count). The number of urea groups is 1. The van der Waals surface area contributed by atoms with Crippen molar-refractivity contribution in [3.63, 3.8) is 0 Å². The van der Waals surface area contributed by atoms with Gasteiger partial charge in [0.2, 0.25) is 5.91 Å². The lowest BCUT2D eigenvalue weighted by atomic mass is 10.0. The van der Waals surface area contributed by atoms with Crippen molar-refractivity contribution in [2.45, 2.75) is 71.2 Å². The van der Waals surface area contributed by atoms with Crippen LogP contribution < -0.4 is 10.2 Å². The first-order chi connectivity index (χ1) is 18.8. The highest BCUT2D eigenvalue weighted by atomic mass is 16.5. The summed E-state index contributed by atoms with van der Waals surface area (Å²) in [6.07, 6.45) is 6.18. The van der Waals surface area contributed by atoms with Crippen LogP contribution in [0.4, 0.5) is 16.2 Å². The molecule has 1 fully saturated rings. The van der Waals surface area contributed by atoms with Crippen LogP contribution in [0.2, 0.25) is 0 Å². The number of aryl methyl sites for hydroxylation is 1. The van der Waals surface area contributed by atoms with Crippen molar-refractivity contribution >= 4 is 23.3 Å². The molecular formula is C28H43N7O4. The standard InChI is InChI=1S/C28H43N7O4/c1-21-16-35(22(2)19-36)27(37)8-7-15-34-17-24(30-31-34)20-39-26(21)18-32(3)28(38)29-23-9-11-25(12-10-23)33-13-5-4-6-14-33/h9-12,17,21-22,26,36H,4-8,13-16,18-20H2,1-3H3,(H,29,38)/t21-,22+,26+/m1/s1. The third-order valence-electron chi connectivity index (χ3n) is 7.69. The molecule has 39 heavy (non-hydrogen) atoms. The number of nitrogens with one attached hydrogen (secondary N) is 1. The Labute approximate surface area is 231 Å². The first-order valence-corrected chi connectivity index (χ1v) is 14.1. The largest absolute Gasteiger partial charge is 0.394 e. The maximum Gasteiger partial charge on any atom is 0.321 e. The summed E-state index contributed by atoms with van der Waals surface area (Å²) < 4.78 is 7.99. The van der Waals surface area contributed by atoms with Gasteiger partial charge in [0.1, 0.15) is 5.69 Å². The second-order valence-electron chi connectivity index (χ2n) is 10.9. The minimum atomic E-state index is -0.366. The van der Waals surface area contributed by atoms with Crippen molar-refractivity contribution in [1.82, 2.24) is 24.8 Å². The summed E-state index contributed by atoms with van der Waals surface area (Å²) in [6, 6.07) is 7.46. The molecule has 3 amide bonds. The molecule has 0 spiro atoms. The zero-order valence-electron chi connectivity index (χ0n) is 23.5. The van der Waals surface area contributed by atoms with Gasteiger partial charge >= 0.3 is 6.03 Å². The third kappa shape index (κ3) is 7.92. The number of nitrogens with zero attached hydrogens (tertiary/aromatic N) is 6. The number of aromatic nitrogens is 3. The van der Waals surface area contributed by atoms with Crippen molar-refractivity contribution < 1.29 is 19.4 Å². The molecule has 2 N–H and O–H groups in total. The Morgan fingerprint density at radius 3 is 2.64 bits per heavy atom. The fraction of sp³-hybridized carbons (Fsp3) is 0.643. The molecule has 0 saturated carbocycles. The van der Waals surface area contributed by atoms with Gasteiger partial charge in [-0.3, -0.25) is 9.48 Å². The molecule has 1 aromatic heterocycles. The van der Waals surface area contributed by atoms with Gasteiger partial charge in [0, 0.05) is 63.5 Å². The van der Waals surface area contributed by atoms with E-state index in [-0.39, 0.29) is 43.2 Å². The summed E-state index contributed by atoms with van der Waals surface area (Å²) >= 11 is 0. The zero-order valence-corrected chi connectivity index (χ0v) is 23.5. The van der Waals surface area contributed by atoms with E-state index in [1.54, 1.807) is 21.5 Å². The van der Waals surface area contributed by atoms with Gasteiger partial charge in [-0.05, 0) is 56.9 Å². The quantitative estimate of drug-likeness (QED) is 0.578. The predicted molar refractivity (Wildman–Crippen MR) is 149 cm³/mol. The normalized spacial score (nSPS) is 21.9. The van der Waals surface area contributed by atoms with E-state index in [0.717, 1.165) is 18.8 Å². The lowest BCUT2D eigenvalue weighted by Crippen LogP contribution is -2.48. The number of carbonyl (C=O) groups excluding carboxylic acids is 2. The number of amides is 3. The molecule has 214 valence electrons. The molecule has 0 aliphatic carbocycles. The number of carbonyl (C=O) groups is 2. The van der Waals surface area contributed by atoms with Crippen molar-refractivity contribution in [2.75, 3.05) is 50.1 Å². The number of ether oxygens (including phenoxy) is 1. The smallest absolute Gasteiger partial charge is 0.321 e. The van der Waals surface area contributed by atoms with E-state index in [9.17, 15) is 14.7 Å². The van der Waals surface area contributed by atoms with Crippen LogP contribution in [0.25, 0.3) is 0 Å². The van der Waals surface area contributed by atoms with Crippen LogP contribution in [0.1, 0.15) is 51.6 Å². The molecule has 3 atom stereocenters. The van der Waals surface area contributed by atoms with Crippen LogP contribution in [-0.2, 0) is 22.7 Å². The van der Waals surface area contributed by atoms with Gasteiger partial charge in [-0.15, -0.1) is 5.10 Å². The number of rotatable bonds is 6. The minimum Gasteiger partial charge on any atom is -0.394 e. The highest BCUT2D eigenvalue weighted by molar-refractivity contribution is 5.89. The highest BCUT2D eigenvalue weighted by Crippen LogP contribution is 2.22. The lowest BCUT2D eigenvalue weighted by molar-refractivity contribution is -0.136. The van der Waals surface area contributed by atoms with E-state index < -0.39 is 0 Å². The van der Waals surface area contributed by atoms with E-state index in [1.807, 2.05) is 32.2 Å². The first kappa shape index (κ1) is 28.8. The monoisotopic (exact) mass is 541 g/mol. The van der Waals surface area contributed by atoms with E-state index in [0.29, 0.717) is 38.2 Å². The molecule has 1 saturated heterocycles.